The minimum absolute atomic E-state index is 0.0225. The lowest BCUT2D eigenvalue weighted by molar-refractivity contribution is -0.105. The summed E-state index contributed by atoms with van der Waals surface area (Å²) in [5.74, 6) is -0.718. The van der Waals surface area contributed by atoms with Gasteiger partial charge in [-0.25, -0.2) is 13.2 Å². The molecule has 3 aromatic rings. The molecule has 0 radical (unpaired) electrons. The van der Waals surface area contributed by atoms with Crippen LogP contribution in [0.15, 0.2) is 55.6 Å². The summed E-state index contributed by atoms with van der Waals surface area (Å²) in [5.41, 5.74) is 2.18. The van der Waals surface area contributed by atoms with E-state index >= 15 is 0 Å². The third kappa shape index (κ3) is 9.48. The number of halogens is 7. The Morgan fingerprint density at radius 3 is 1.41 bits per heavy atom. The van der Waals surface area contributed by atoms with E-state index in [1.165, 1.54) is 30.8 Å². The molecule has 0 unspecified atom stereocenters. The van der Waals surface area contributed by atoms with Crippen molar-refractivity contribution < 1.29 is 26.3 Å². The van der Waals surface area contributed by atoms with Crippen molar-refractivity contribution in [2.75, 3.05) is 17.3 Å². The van der Waals surface area contributed by atoms with Gasteiger partial charge in [0.15, 0.2) is 0 Å². The number of hydrogen-bond acceptors (Lipinski definition) is 3. The fraction of sp³-hybridized carbons (Fsp3) is 0.333. The van der Waals surface area contributed by atoms with E-state index in [0.29, 0.717) is 26.7 Å². The average Bonchev–Trinajstić information content (AvgIpc) is 2.79. The molecular weight excluding hydrogens is 614 g/mol. The van der Waals surface area contributed by atoms with Crippen LogP contribution in [-0.4, -0.2) is 23.4 Å². The summed E-state index contributed by atoms with van der Waals surface area (Å²) in [4.78, 5) is 2.26. The second-order valence-corrected chi connectivity index (χ2v) is 12.5. The maximum atomic E-state index is 14.4. The number of rotatable bonds is 7. The van der Waals surface area contributed by atoms with Gasteiger partial charge in [0.2, 0.25) is 0 Å². The van der Waals surface area contributed by atoms with Crippen LogP contribution in [0.2, 0.25) is 0 Å². The van der Waals surface area contributed by atoms with Crippen LogP contribution in [0, 0.1) is 38.2 Å². The summed E-state index contributed by atoms with van der Waals surface area (Å²) in [7, 11) is 0. The predicted molar refractivity (Wildman–Crippen MR) is 150 cm³/mol. The van der Waals surface area contributed by atoms with Gasteiger partial charge < -0.3 is 0 Å². The molecule has 0 aromatic heterocycles. The van der Waals surface area contributed by atoms with Crippen LogP contribution in [0.4, 0.5) is 26.3 Å². The van der Waals surface area contributed by atoms with E-state index < -0.39 is 23.6 Å². The van der Waals surface area contributed by atoms with Crippen LogP contribution in [0.3, 0.4) is 0 Å². The minimum atomic E-state index is -4.33. The van der Waals surface area contributed by atoms with E-state index in [0.717, 1.165) is 38.5 Å². The Kier molecular flexibility index (Phi) is 12.3. The van der Waals surface area contributed by atoms with Crippen LogP contribution in [0.5, 0.6) is 0 Å². The second-order valence-electron chi connectivity index (χ2n) is 8.00. The summed E-state index contributed by atoms with van der Waals surface area (Å²) in [5, 5.41) is 0. The molecule has 0 saturated heterocycles. The highest BCUT2D eigenvalue weighted by Crippen LogP contribution is 2.37. The number of alkyl halides is 3. The number of benzene rings is 3. The Bertz CT molecular complexity index is 1230. The molecule has 0 aliphatic rings. The van der Waals surface area contributed by atoms with Crippen molar-refractivity contribution in [3.63, 3.8) is 0 Å². The fourth-order valence-electron chi connectivity index (χ4n) is 3.28. The lowest BCUT2D eigenvalue weighted by Gasteiger charge is -2.14. The maximum Gasteiger partial charge on any atom is 0.398 e. The number of aryl methyl sites for hydroxylation is 3. The Morgan fingerprint density at radius 1 is 0.622 bits per heavy atom. The Labute approximate surface area is 235 Å². The first-order chi connectivity index (χ1) is 17.3. The molecule has 202 valence electrons. The Morgan fingerprint density at radius 2 is 1.00 bits per heavy atom. The standard InChI is InChI=1S/C18H17F5S2.C9H10BrFS/c1-4-24-16-7-12(14(19)5-10(16)2)13-8-17(11(3)6-15(13)20)25-9-18(21,22)23;1-3-12-9-5-7(10)8(11)4-6(9)2/h5-8H,4,9H2,1-3H3;4-5H,3H2,1-2H3. The molecule has 0 aliphatic carbocycles. The SMILES string of the molecule is CCSc1cc(-c2cc(SCC(F)(F)F)c(C)cc2F)c(F)cc1C.CCSc1cc(Br)c(F)cc1C. The monoisotopic (exact) mass is 640 g/mol. The average molecular weight is 642 g/mol. The molecule has 0 atom stereocenters. The highest BCUT2D eigenvalue weighted by Gasteiger charge is 2.28. The third-order valence-corrected chi connectivity index (χ3v) is 8.94. The van der Waals surface area contributed by atoms with Gasteiger partial charge in [0.05, 0.1) is 10.2 Å². The van der Waals surface area contributed by atoms with E-state index in [1.54, 1.807) is 30.8 Å². The zero-order valence-electron chi connectivity index (χ0n) is 21.0. The van der Waals surface area contributed by atoms with Crippen molar-refractivity contribution in [2.24, 2.45) is 0 Å². The van der Waals surface area contributed by atoms with E-state index in [9.17, 15) is 26.3 Å². The Balaban J connectivity index is 0.000000335. The van der Waals surface area contributed by atoms with Crippen LogP contribution in [0.1, 0.15) is 30.5 Å². The lowest BCUT2D eigenvalue weighted by Crippen LogP contribution is -2.10. The molecular formula is C27H27BrF6S3. The topological polar surface area (TPSA) is 0 Å². The van der Waals surface area contributed by atoms with E-state index in [-0.39, 0.29) is 16.9 Å². The molecule has 10 heteroatoms. The highest BCUT2D eigenvalue weighted by molar-refractivity contribution is 9.10. The molecule has 0 aliphatic heterocycles. The molecule has 0 bridgehead atoms. The van der Waals surface area contributed by atoms with Crippen molar-refractivity contribution >= 4 is 51.2 Å². The van der Waals surface area contributed by atoms with Gasteiger partial charge in [-0.05, 0) is 101 Å². The first-order valence-corrected chi connectivity index (χ1v) is 15.0. The van der Waals surface area contributed by atoms with Gasteiger partial charge >= 0.3 is 6.18 Å². The second kappa shape index (κ2) is 14.2. The summed E-state index contributed by atoms with van der Waals surface area (Å²) < 4.78 is 79.6. The van der Waals surface area contributed by atoms with Crippen LogP contribution < -0.4 is 0 Å². The van der Waals surface area contributed by atoms with Crippen LogP contribution in [0.25, 0.3) is 11.1 Å². The molecule has 0 nitrogen and oxygen atoms in total. The van der Waals surface area contributed by atoms with Crippen LogP contribution in [-0.2, 0) is 0 Å². The zero-order valence-corrected chi connectivity index (χ0v) is 25.0. The number of hydrogen-bond donors (Lipinski definition) is 0. The molecule has 0 N–H and O–H groups in total. The van der Waals surface area contributed by atoms with Gasteiger partial charge in [-0.2, -0.15) is 13.2 Å². The van der Waals surface area contributed by atoms with Crippen molar-refractivity contribution in [3.05, 3.63) is 75.0 Å². The molecule has 37 heavy (non-hydrogen) atoms. The summed E-state index contributed by atoms with van der Waals surface area (Å²) in [6.07, 6.45) is -4.33. The van der Waals surface area contributed by atoms with E-state index in [1.807, 2.05) is 19.9 Å². The molecule has 0 fully saturated rings. The molecule has 3 rings (SSSR count). The van der Waals surface area contributed by atoms with Gasteiger partial charge in [-0.1, -0.05) is 13.8 Å². The fourth-order valence-corrected chi connectivity index (χ4v) is 6.18. The van der Waals surface area contributed by atoms with E-state index in [4.69, 9.17) is 0 Å². The minimum Gasteiger partial charge on any atom is -0.206 e. The van der Waals surface area contributed by atoms with Crippen molar-refractivity contribution in [2.45, 2.75) is 55.5 Å². The highest BCUT2D eigenvalue weighted by atomic mass is 79.9. The van der Waals surface area contributed by atoms with Crippen molar-refractivity contribution in [1.29, 1.82) is 0 Å². The molecule has 0 amide bonds. The molecule has 3 aromatic carbocycles. The van der Waals surface area contributed by atoms with Gasteiger partial charge in [-0.15, -0.1) is 35.3 Å². The summed E-state index contributed by atoms with van der Waals surface area (Å²) in [6.45, 7) is 9.26. The lowest BCUT2D eigenvalue weighted by atomic mass is 10.0. The van der Waals surface area contributed by atoms with Crippen molar-refractivity contribution in [1.82, 2.24) is 0 Å². The normalized spacial score (nSPS) is 11.4. The van der Waals surface area contributed by atoms with Gasteiger partial charge in [0.1, 0.15) is 17.5 Å². The van der Waals surface area contributed by atoms with E-state index in [2.05, 4.69) is 22.9 Å². The van der Waals surface area contributed by atoms with Gasteiger partial charge in [0, 0.05) is 25.8 Å². The molecule has 0 spiro atoms. The maximum absolute atomic E-state index is 14.4. The quantitative estimate of drug-likeness (QED) is 0.186. The summed E-state index contributed by atoms with van der Waals surface area (Å²) in [6, 6.07) is 8.73. The molecule has 0 saturated carbocycles. The summed E-state index contributed by atoms with van der Waals surface area (Å²) >= 11 is 6.97. The van der Waals surface area contributed by atoms with Crippen molar-refractivity contribution in [3.8, 4) is 11.1 Å². The predicted octanol–water partition coefficient (Wildman–Crippen LogP) is 11.0. The first-order valence-electron chi connectivity index (χ1n) is 11.3. The van der Waals surface area contributed by atoms with Gasteiger partial charge in [0.25, 0.3) is 0 Å². The van der Waals surface area contributed by atoms with Gasteiger partial charge in [-0.3, -0.25) is 0 Å². The Hall–Kier alpha value is -1.23. The molecule has 0 heterocycles. The smallest absolute Gasteiger partial charge is 0.206 e. The third-order valence-electron chi connectivity index (χ3n) is 5.03. The number of thioether (sulfide) groups is 3. The first kappa shape index (κ1) is 32.0. The van der Waals surface area contributed by atoms with Crippen LogP contribution >= 0.6 is 51.2 Å². The zero-order chi connectivity index (χ0) is 27.9. The largest absolute Gasteiger partial charge is 0.398 e.